The quantitative estimate of drug-likeness (QED) is 0.0238. The van der Waals surface area contributed by atoms with Crippen molar-refractivity contribution in [3.63, 3.8) is 0 Å². The minimum Gasteiger partial charge on any atom is -0.544 e. The molecule has 0 spiro atoms. The number of hydrogen-bond donors (Lipinski definition) is 0. The number of esters is 2. The number of hydrogen-bond acceptors (Lipinski definition) is 7. The summed E-state index contributed by atoms with van der Waals surface area (Å²) in [6, 6.07) is -0.732. The number of quaternary nitrogens is 1. The Morgan fingerprint density at radius 2 is 1.17 bits per heavy atom. The molecule has 0 heterocycles. The van der Waals surface area contributed by atoms with Gasteiger partial charge in [-0.3, -0.25) is 9.59 Å². The maximum absolute atomic E-state index is 12.5. The van der Waals surface area contributed by atoms with E-state index in [1.165, 1.54) is 57.8 Å². The molecule has 272 valence electrons. The Labute approximate surface area is 287 Å². The van der Waals surface area contributed by atoms with Crippen LogP contribution in [0.15, 0.2) is 36.5 Å². The average molecular weight is 664 g/mol. The van der Waals surface area contributed by atoms with Gasteiger partial charge in [-0.05, 0) is 51.4 Å². The summed E-state index contributed by atoms with van der Waals surface area (Å²) in [4.78, 5) is 36.4. The van der Waals surface area contributed by atoms with Gasteiger partial charge in [-0.1, -0.05) is 108 Å². The summed E-state index contributed by atoms with van der Waals surface area (Å²) >= 11 is 0. The molecule has 0 aromatic rings. The Hall–Kier alpha value is -2.45. The first kappa shape index (κ1) is 44.5. The van der Waals surface area contributed by atoms with E-state index in [2.05, 4.69) is 44.2 Å². The summed E-state index contributed by atoms with van der Waals surface area (Å²) in [7, 11) is 5.36. The van der Waals surface area contributed by atoms with Gasteiger partial charge in [0.05, 0.1) is 40.3 Å². The predicted molar refractivity (Wildman–Crippen MR) is 190 cm³/mol. The van der Waals surface area contributed by atoms with Gasteiger partial charge < -0.3 is 28.6 Å². The molecule has 0 aromatic carbocycles. The number of rotatable bonds is 32. The monoisotopic (exact) mass is 664 g/mol. The van der Waals surface area contributed by atoms with Crippen molar-refractivity contribution in [2.75, 3.05) is 41.0 Å². The van der Waals surface area contributed by atoms with Crippen molar-refractivity contribution in [3.8, 4) is 0 Å². The van der Waals surface area contributed by atoms with Crippen LogP contribution in [0.1, 0.15) is 142 Å². The molecular formula is C39H69NO7. The number of allylic oxidation sites excluding steroid dienone is 6. The van der Waals surface area contributed by atoms with Crippen LogP contribution in [0.2, 0.25) is 0 Å². The van der Waals surface area contributed by atoms with Crippen molar-refractivity contribution in [2.45, 2.75) is 154 Å². The second kappa shape index (κ2) is 30.9. The fourth-order valence-electron chi connectivity index (χ4n) is 5.08. The number of likely N-dealkylation sites (N-methyl/N-ethyl adjacent to an activating group) is 1. The summed E-state index contributed by atoms with van der Waals surface area (Å²) < 4.78 is 16.9. The number of aliphatic carboxylic acids is 1. The lowest BCUT2D eigenvalue weighted by molar-refractivity contribution is -0.889. The number of carboxylic acid groups (broad SMARTS) is 1. The topological polar surface area (TPSA) is 102 Å². The normalized spacial score (nSPS) is 13.5. The van der Waals surface area contributed by atoms with Gasteiger partial charge in [-0.25, -0.2) is 0 Å². The highest BCUT2D eigenvalue weighted by atomic mass is 16.6. The van der Waals surface area contributed by atoms with Crippen LogP contribution in [0.25, 0.3) is 0 Å². The molecular weight excluding hydrogens is 594 g/mol. The Morgan fingerprint density at radius 3 is 1.79 bits per heavy atom. The number of carbonyl (C=O) groups excluding carboxylic acids is 3. The smallest absolute Gasteiger partial charge is 0.306 e. The van der Waals surface area contributed by atoms with Gasteiger partial charge in [-0.15, -0.1) is 0 Å². The maximum atomic E-state index is 12.5. The second-order valence-electron chi connectivity index (χ2n) is 13.5. The van der Waals surface area contributed by atoms with E-state index in [4.69, 9.17) is 14.2 Å². The lowest BCUT2D eigenvalue weighted by Gasteiger charge is -2.34. The average Bonchev–Trinajstić information content (AvgIpc) is 3.01. The van der Waals surface area contributed by atoms with Crippen molar-refractivity contribution in [1.29, 1.82) is 0 Å². The number of ether oxygens (including phenoxy) is 3. The summed E-state index contributed by atoms with van der Waals surface area (Å²) in [6.45, 7) is 4.49. The van der Waals surface area contributed by atoms with Crippen LogP contribution in [-0.4, -0.2) is 75.5 Å². The molecule has 8 heteroatoms. The zero-order chi connectivity index (χ0) is 35.0. The van der Waals surface area contributed by atoms with E-state index in [1.54, 1.807) is 21.1 Å². The zero-order valence-electron chi connectivity index (χ0n) is 30.7. The van der Waals surface area contributed by atoms with E-state index in [0.29, 0.717) is 12.8 Å². The molecule has 0 radical (unpaired) electrons. The van der Waals surface area contributed by atoms with Gasteiger partial charge in [0.25, 0.3) is 0 Å². The van der Waals surface area contributed by atoms with E-state index in [1.807, 2.05) is 6.08 Å². The third-order valence-corrected chi connectivity index (χ3v) is 8.04. The molecule has 0 saturated heterocycles. The molecule has 8 nitrogen and oxygen atoms in total. The third-order valence-electron chi connectivity index (χ3n) is 8.04. The number of carboxylic acids is 1. The molecule has 47 heavy (non-hydrogen) atoms. The number of nitrogens with zero attached hydrogens (tertiary/aromatic N) is 1. The highest BCUT2D eigenvalue weighted by Gasteiger charge is 2.25. The van der Waals surface area contributed by atoms with Crippen LogP contribution in [0.3, 0.4) is 0 Å². The van der Waals surface area contributed by atoms with Gasteiger partial charge in [0, 0.05) is 19.3 Å². The van der Waals surface area contributed by atoms with Gasteiger partial charge in [0.2, 0.25) is 0 Å². The van der Waals surface area contributed by atoms with Crippen LogP contribution < -0.4 is 5.11 Å². The molecule has 0 N–H and O–H groups in total. The first-order valence-electron chi connectivity index (χ1n) is 18.5. The van der Waals surface area contributed by atoms with Gasteiger partial charge >= 0.3 is 11.9 Å². The summed E-state index contributed by atoms with van der Waals surface area (Å²) in [6.07, 6.45) is 32.0. The van der Waals surface area contributed by atoms with E-state index in [9.17, 15) is 19.5 Å². The molecule has 0 amide bonds. The molecule has 0 aliphatic rings. The zero-order valence-corrected chi connectivity index (χ0v) is 30.7. The molecule has 2 atom stereocenters. The first-order chi connectivity index (χ1) is 22.6. The second-order valence-corrected chi connectivity index (χ2v) is 13.5. The van der Waals surface area contributed by atoms with E-state index < -0.39 is 18.1 Å². The Balaban J connectivity index is 4.42. The Kier molecular flexibility index (Phi) is 29.2. The lowest BCUT2D eigenvalue weighted by Crippen LogP contribution is -2.55. The molecule has 0 saturated carbocycles. The fraction of sp³-hybridized carbons (Fsp3) is 0.769. The minimum atomic E-state index is -1.14. The van der Waals surface area contributed by atoms with Gasteiger partial charge in [0.15, 0.2) is 6.10 Å². The van der Waals surface area contributed by atoms with E-state index in [0.717, 1.165) is 44.9 Å². The van der Waals surface area contributed by atoms with Crippen molar-refractivity contribution in [3.05, 3.63) is 36.5 Å². The van der Waals surface area contributed by atoms with Crippen molar-refractivity contribution < 1.29 is 38.2 Å². The predicted octanol–water partition coefficient (Wildman–Crippen LogP) is 7.79. The minimum absolute atomic E-state index is 0.0165. The summed E-state index contributed by atoms with van der Waals surface area (Å²) in [5.41, 5.74) is 0. The molecule has 0 rings (SSSR count). The van der Waals surface area contributed by atoms with Crippen molar-refractivity contribution in [2.24, 2.45) is 0 Å². The fourth-order valence-corrected chi connectivity index (χ4v) is 5.08. The first-order valence-corrected chi connectivity index (χ1v) is 18.5. The van der Waals surface area contributed by atoms with Gasteiger partial charge in [0.1, 0.15) is 12.6 Å². The van der Waals surface area contributed by atoms with Gasteiger partial charge in [-0.2, -0.15) is 0 Å². The Morgan fingerprint density at radius 1 is 0.638 bits per heavy atom. The largest absolute Gasteiger partial charge is 0.544 e. The number of unbranched alkanes of at least 4 members (excludes halogenated alkanes) is 13. The standard InChI is InChI=1S/C39H69NO7/c1-6-8-10-12-14-15-16-17-18-19-20-21-22-24-25-27-29-37(41)46-34-35(33-45-32-31-36(39(43)44)40(3,4)5)47-38(42)30-28-26-23-13-11-9-7-2/h18-21,23,26,35-36H,6-17,22,24-25,27-34H2,1-5H3/b19-18+,21-20+,26-23+. The number of carbonyl (C=O) groups is 3. The van der Waals surface area contributed by atoms with Crippen LogP contribution in [0.5, 0.6) is 0 Å². The maximum Gasteiger partial charge on any atom is 0.306 e. The highest BCUT2D eigenvalue weighted by molar-refractivity contribution is 5.70. The summed E-state index contributed by atoms with van der Waals surface area (Å²) in [5.74, 6) is -1.85. The molecule has 0 aliphatic heterocycles. The molecule has 0 fully saturated rings. The van der Waals surface area contributed by atoms with Crippen LogP contribution in [-0.2, 0) is 28.6 Å². The van der Waals surface area contributed by atoms with Crippen molar-refractivity contribution in [1.82, 2.24) is 0 Å². The third kappa shape index (κ3) is 29.4. The van der Waals surface area contributed by atoms with Crippen LogP contribution in [0, 0.1) is 0 Å². The molecule has 0 aromatic heterocycles. The summed E-state index contributed by atoms with van der Waals surface area (Å²) in [5, 5.41) is 11.5. The van der Waals surface area contributed by atoms with Crippen LogP contribution >= 0.6 is 0 Å². The molecule has 2 unspecified atom stereocenters. The SMILES string of the molecule is CCCCC/C=C/CCC(=O)OC(COCCC(C(=O)[O-])[N+](C)(C)C)COC(=O)CCCCC/C=C/C=C/CCCCCCCCC. The highest BCUT2D eigenvalue weighted by Crippen LogP contribution is 2.11. The Bertz CT molecular complexity index is 875. The lowest BCUT2D eigenvalue weighted by atomic mass is 10.1. The molecule has 0 aliphatic carbocycles. The van der Waals surface area contributed by atoms with E-state index in [-0.39, 0.29) is 49.1 Å². The molecule has 0 bridgehead atoms. The van der Waals surface area contributed by atoms with E-state index >= 15 is 0 Å². The van der Waals surface area contributed by atoms with Crippen LogP contribution in [0.4, 0.5) is 0 Å². The van der Waals surface area contributed by atoms with Crippen molar-refractivity contribution >= 4 is 17.9 Å².